The summed E-state index contributed by atoms with van der Waals surface area (Å²) in [6.07, 6.45) is 3.53. The van der Waals surface area contributed by atoms with Gasteiger partial charge in [0.15, 0.2) is 5.58 Å². The Kier molecular flexibility index (Phi) is 2.64. The van der Waals surface area contributed by atoms with Gasteiger partial charge in [0.05, 0.1) is 5.52 Å². The molecule has 0 spiro atoms. The Bertz CT molecular complexity index is 1150. The first-order valence-electron chi connectivity index (χ1n) is 7.67. The number of rotatable bonds is 1. The number of hydrogen-bond donors (Lipinski definition) is 0. The van der Waals surface area contributed by atoms with Gasteiger partial charge in [0, 0.05) is 28.9 Å². The molecule has 0 fully saturated rings. The van der Waals surface area contributed by atoms with Gasteiger partial charge in [-0.1, -0.05) is 6.07 Å². The predicted molar refractivity (Wildman–Crippen MR) is 92.6 cm³/mol. The lowest BCUT2D eigenvalue weighted by atomic mass is 10.1. The van der Waals surface area contributed by atoms with E-state index in [0.29, 0.717) is 5.89 Å². The number of hydrogen-bond acceptors (Lipinski definition) is 5. The Morgan fingerprint density at radius 2 is 1.50 bits per heavy atom. The molecule has 5 aromatic rings. The van der Waals surface area contributed by atoms with Crippen LogP contribution in [-0.2, 0) is 0 Å². The fourth-order valence-electron chi connectivity index (χ4n) is 3.02. The Labute approximate surface area is 137 Å². The monoisotopic (exact) mass is 312 g/mol. The number of oxazole rings is 1. The quantitative estimate of drug-likeness (QED) is 0.432. The lowest BCUT2D eigenvalue weighted by Gasteiger charge is -2.02. The molecule has 5 rings (SSSR count). The average Bonchev–Trinajstić information content (AvgIpc) is 3.08. The summed E-state index contributed by atoms with van der Waals surface area (Å²) in [6.45, 7) is 1.95. The van der Waals surface area contributed by atoms with Gasteiger partial charge in [0.1, 0.15) is 16.7 Å². The van der Waals surface area contributed by atoms with Crippen molar-refractivity contribution in [3.05, 3.63) is 60.6 Å². The van der Waals surface area contributed by atoms with Crippen molar-refractivity contribution in [2.45, 2.75) is 6.92 Å². The highest BCUT2D eigenvalue weighted by Gasteiger charge is 2.17. The second-order valence-corrected chi connectivity index (χ2v) is 5.66. The number of aromatic nitrogens is 4. The summed E-state index contributed by atoms with van der Waals surface area (Å²) in [6, 6.07) is 13.6. The molecule has 1 aromatic carbocycles. The summed E-state index contributed by atoms with van der Waals surface area (Å²) in [7, 11) is 0. The highest BCUT2D eigenvalue weighted by molar-refractivity contribution is 6.20. The molecule has 0 saturated carbocycles. The van der Waals surface area contributed by atoms with Crippen LogP contribution in [0.1, 0.15) is 5.69 Å². The molecule has 0 aliphatic heterocycles. The van der Waals surface area contributed by atoms with Gasteiger partial charge in [-0.3, -0.25) is 9.97 Å². The van der Waals surface area contributed by atoms with E-state index in [0.717, 1.165) is 44.3 Å². The lowest BCUT2D eigenvalue weighted by molar-refractivity contribution is 0.619. The van der Waals surface area contributed by atoms with E-state index in [1.54, 1.807) is 12.4 Å². The molecule has 4 aromatic heterocycles. The molecule has 0 N–H and O–H groups in total. The van der Waals surface area contributed by atoms with E-state index in [4.69, 9.17) is 9.40 Å². The lowest BCUT2D eigenvalue weighted by Crippen LogP contribution is -1.86. The predicted octanol–water partition coefficient (Wildman–Crippen LogP) is 4.29. The summed E-state index contributed by atoms with van der Waals surface area (Å²) in [5.74, 6) is 0.509. The normalized spacial score (nSPS) is 11.5. The number of nitrogens with zero attached hydrogens (tertiary/aromatic N) is 4. The van der Waals surface area contributed by atoms with Crippen molar-refractivity contribution in [2.75, 3.05) is 0 Å². The van der Waals surface area contributed by atoms with Crippen LogP contribution in [-0.4, -0.2) is 19.9 Å². The average molecular weight is 312 g/mol. The standard InChI is InChI=1S/C19H12N4O/c1-11-5-2-8-14(22-11)19-23-17-12-6-3-9-20-15(12)16-13(18(17)24-19)7-4-10-21-16/h2-10H,1H3. The van der Waals surface area contributed by atoms with Crippen LogP contribution in [0.15, 0.2) is 59.3 Å². The largest absolute Gasteiger partial charge is 0.434 e. The van der Waals surface area contributed by atoms with Crippen molar-refractivity contribution in [2.24, 2.45) is 0 Å². The van der Waals surface area contributed by atoms with Gasteiger partial charge in [-0.05, 0) is 43.3 Å². The Morgan fingerprint density at radius 1 is 0.750 bits per heavy atom. The summed E-state index contributed by atoms with van der Waals surface area (Å²) in [4.78, 5) is 18.2. The molecule has 0 unspecified atom stereocenters. The SMILES string of the molecule is Cc1cccc(-c2nc3c4cccnc4c4ncccc4c3o2)n1. The molecule has 114 valence electrons. The van der Waals surface area contributed by atoms with Crippen molar-refractivity contribution in [3.63, 3.8) is 0 Å². The molecule has 0 aliphatic rings. The van der Waals surface area contributed by atoms with Crippen molar-refractivity contribution in [3.8, 4) is 11.6 Å². The molecular formula is C19H12N4O. The van der Waals surface area contributed by atoms with Crippen LogP contribution >= 0.6 is 0 Å². The van der Waals surface area contributed by atoms with E-state index in [9.17, 15) is 0 Å². The molecule has 0 atom stereocenters. The Morgan fingerprint density at radius 3 is 2.29 bits per heavy atom. The molecular weight excluding hydrogens is 300 g/mol. The third kappa shape index (κ3) is 1.81. The molecule has 5 nitrogen and oxygen atoms in total. The highest BCUT2D eigenvalue weighted by Crippen LogP contribution is 2.34. The Hall–Kier alpha value is -3.34. The second kappa shape index (κ2) is 4.83. The Balaban J connectivity index is 1.95. The van der Waals surface area contributed by atoms with E-state index in [2.05, 4.69) is 15.0 Å². The third-order valence-corrected chi connectivity index (χ3v) is 4.07. The summed E-state index contributed by atoms with van der Waals surface area (Å²) in [5.41, 5.74) is 4.81. The van der Waals surface area contributed by atoms with E-state index >= 15 is 0 Å². The van der Waals surface area contributed by atoms with Gasteiger partial charge in [-0.2, -0.15) is 0 Å². The minimum absolute atomic E-state index is 0.509. The van der Waals surface area contributed by atoms with Gasteiger partial charge in [0.25, 0.3) is 0 Å². The minimum Gasteiger partial charge on any atom is -0.434 e. The molecule has 0 radical (unpaired) electrons. The first-order chi connectivity index (χ1) is 11.8. The van der Waals surface area contributed by atoms with Gasteiger partial charge in [-0.15, -0.1) is 0 Å². The highest BCUT2D eigenvalue weighted by atomic mass is 16.3. The van der Waals surface area contributed by atoms with Crippen molar-refractivity contribution in [1.29, 1.82) is 0 Å². The van der Waals surface area contributed by atoms with E-state index in [-0.39, 0.29) is 0 Å². The number of fused-ring (bicyclic) bond motifs is 6. The van der Waals surface area contributed by atoms with Crippen LogP contribution in [0.4, 0.5) is 0 Å². The number of benzene rings is 1. The maximum absolute atomic E-state index is 6.09. The van der Waals surface area contributed by atoms with Crippen LogP contribution in [0.5, 0.6) is 0 Å². The van der Waals surface area contributed by atoms with E-state index in [1.807, 2.05) is 49.4 Å². The van der Waals surface area contributed by atoms with E-state index < -0.39 is 0 Å². The zero-order valence-corrected chi connectivity index (χ0v) is 12.9. The molecule has 0 saturated heterocycles. The fraction of sp³-hybridized carbons (Fsp3) is 0.0526. The van der Waals surface area contributed by atoms with Gasteiger partial charge < -0.3 is 4.42 Å². The second-order valence-electron chi connectivity index (χ2n) is 5.66. The van der Waals surface area contributed by atoms with Crippen LogP contribution in [0.2, 0.25) is 0 Å². The maximum Gasteiger partial charge on any atom is 0.246 e. The van der Waals surface area contributed by atoms with Gasteiger partial charge in [0.2, 0.25) is 5.89 Å². The van der Waals surface area contributed by atoms with Crippen LogP contribution < -0.4 is 0 Å². The van der Waals surface area contributed by atoms with Crippen LogP contribution in [0, 0.1) is 6.92 Å². The summed E-state index contributed by atoms with van der Waals surface area (Å²) < 4.78 is 6.09. The third-order valence-electron chi connectivity index (χ3n) is 4.07. The number of pyridine rings is 3. The van der Waals surface area contributed by atoms with Crippen molar-refractivity contribution >= 4 is 32.9 Å². The van der Waals surface area contributed by atoms with E-state index in [1.165, 1.54) is 0 Å². The minimum atomic E-state index is 0.509. The molecule has 0 amide bonds. The topological polar surface area (TPSA) is 64.7 Å². The maximum atomic E-state index is 6.09. The van der Waals surface area contributed by atoms with Crippen molar-refractivity contribution in [1.82, 2.24) is 19.9 Å². The molecule has 5 heteroatoms. The zero-order chi connectivity index (χ0) is 16.1. The molecule has 24 heavy (non-hydrogen) atoms. The molecule has 0 aliphatic carbocycles. The first kappa shape index (κ1) is 13.1. The van der Waals surface area contributed by atoms with Crippen LogP contribution in [0.25, 0.3) is 44.5 Å². The zero-order valence-electron chi connectivity index (χ0n) is 12.9. The number of aryl methyl sites for hydroxylation is 1. The van der Waals surface area contributed by atoms with Crippen LogP contribution in [0.3, 0.4) is 0 Å². The molecule has 0 bridgehead atoms. The summed E-state index contributed by atoms with van der Waals surface area (Å²) >= 11 is 0. The first-order valence-corrected chi connectivity index (χ1v) is 7.67. The smallest absolute Gasteiger partial charge is 0.246 e. The summed E-state index contributed by atoms with van der Waals surface area (Å²) in [5, 5.41) is 1.84. The fourth-order valence-corrected chi connectivity index (χ4v) is 3.02. The van der Waals surface area contributed by atoms with Crippen molar-refractivity contribution < 1.29 is 4.42 Å². The molecule has 4 heterocycles. The van der Waals surface area contributed by atoms with Gasteiger partial charge in [-0.25, -0.2) is 9.97 Å². The van der Waals surface area contributed by atoms with Gasteiger partial charge >= 0.3 is 0 Å².